The summed E-state index contributed by atoms with van der Waals surface area (Å²) in [7, 11) is -3.09. The Morgan fingerprint density at radius 2 is 1.88 bits per heavy atom. The molecule has 1 aliphatic rings. The lowest BCUT2D eigenvalue weighted by atomic mass is 9.90. The van der Waals surface area contributed by atoms with Crippen LogP contribution in [0.1, 0.15) is 18.9 Å². The van der Waals surface area contributed by atoms with Gasteiger partial charge in [0.15, 0.2) is 9.84 Å². The summed E-state index contributed by atoms with van der Waals surface area (Å²) in [5, 5.41) is 2.90. The Bertz CT molecular complexity index is 1310. The lowest BCUT2D eigenvalue weighted by Crippen LogP contribution is -2.37. The predicted octanol–water partition coefficient (Wildman–Crippen LogP) is 4.35. The largest absolute Gasteiger partial charge is 0.449 e. The summed E-state index contributed by atoms with van der Waals surface area (Å²) in [5.41, 5.74) is 1.13. The summed E-state index contributed by atoms with van der Waals surface area (Å²) in [6.45, 7) is 1.87. The molecule has 0 radical (unpaired) electrons. The third-order valence-electron chi connectivity index (χ3n) is 5.89. The zero-order chi connectivity index (χ0) is 23.8. The highest BCUT2D eigenvalue weighted by Gasteiger charge is 2.38. The number of fused-ring (bicyclic) bond motifs is 1. The number of benzene rings is 2. The first-order valence-electron chi connectivity index (χ1n) is 10.4. The molecule has 1 unspecified atom stereocenters. The summed E-state index contributed by atoms with van der Waals surface area (Å²) in [5.74, 6) is -1.84. The lowest BCUT2D eigenvalue weighted by Gasteiger charge is -2.21. The number of carbonyl (C=O) groups is 1. The molecule has 2 aromatic carbocycles. The molecule has 10 heteroatoms. The first kappa shape index (κ1) is 23.2. The maximum Gasteiger partial charge on any atom is 0.407 e. The lowest BCUT2D eigenvalue weighted by molar-refractivity contribution is 0.143. The second-order valence-electron chi connectivity index (χ2n) is 8.69. The molecule has 1 atom stereocenters. The van der Waals surface area contributed by atoms with E-state index in [0.29, 0.717) is 28.6 Å². The van der Waals surface area contributed by atoms with Crippen LogP contribution in [0.15, 0.2) is 36.4 Å². The highest BCUT2D eigenvalue weighted by atomic mass is 32.2. The quantitative estimate of drug-likeness (QED) is 0.549. The van der Waals surface area contributed by atoms with Crippen molar-refractivity contribution in [2.75, 3.05) is 24.7 Å². The topological polar surface area (TPSA) is 88.3 Å². The number of aromatic amines is 1. The molecule has 1 aliphatic heterocycles. The molecular formula is C23H23F3N2O4S. The zero-order valence-electron chi connectivity index (χ0n) is 17.9. The molecule has 1 saturated heterocycles. The van der Waals surface area contributed by atoms with Gasteiger partial charge in [0.1, 0.15) is 17.5 Å². The molecule has 33 heavy (non-hydrogen) atoms. The summed E-state index contributed by atoms with van der Waals surface area (Å²) in [6.07, 6.45) is -0.0984. The van der Waals surface area contributed by atoms with Gasteiger partial charge in [0.2, 0.25) is 0 Å². The van der Waals surface area contributed by atoms with Gasteiger partial charge in [0.25, 0.3) is 0 Å². The van der Waals surface area contributed by atoms with Gasteiger partial charge in [-0.3, -0.25) is 0 Å². The van der Waals surface area contributed by atoms with Gasteiger partial charge in [-0.25, -0.2) is 26.4 Å². The van der Waals surface area contributed by atoms with Gasteiger partial charge in [0.05, 0.1) is 23.6 Å². The maximum absolute atomic E-state index is 14.3. The minimum atomic E-state index is -3.09. The molecule has 3 aromatic rings. The standard InChI is InChI=1S/C23H23F3N2O4S/c1-23(7-9-33(30,31)13-23)12-27-22(29)32-8-6-17-18-10-16(25)11-19(26)21(18)28-20(17)14-2-4-15(24)5-3-14/h2-5,10-11,28H,6-9,12-13H2,1H3,(H,27,29). The Hall–Kier alpha value is -3.01. The summed E-state index contributed by atoms with van der Waals surface area (Å²) in [4.78, 5) is 15.1. The van der Waals surface area contributed by atoms with Gasteiger partial charge >= 0.3 is 6.09 Å². The van der Waals surface area contributed by atoms with Crippen molar-refractivity contribution in [1.29, 1.82) is 0 Å². The number of ether oxygens (including phenoxy) is 1. The van der Waals surface area contributed by atoms with E-state index in [1.807, 2.05) is 0 Å². The van der Waals surface area contributed by atoms with Gasteiger partial charge in [0, 0.05) is 30.1 Å². The number of halogens is 3. The van der Waals surface area contributed by atoms with Crippen LogP contribution in [-0.4, -0.2) is 44.2 Å². The SMILES string of the molecule is CC1(CNC(=O)OCCc2c(-c3ccc(F)cc3)[nH]c3c(F)cc(F)cc23)CCS(=O)(=O)C1. The van der Waals surface area contributed by atoms with Gasteiger partial charge in [-0.15, -0.1) is 0 Å². The Morgan fingerprint density at radius 3 is 2.55 bits per heavy atom. The molecule has 1 aromatic heterocycles. The van der Waals surface area contributed by atoms with Crippen LogP contribution >= 0.6 is 0 Å². The van der Waals surface area contributed by atoms with Crippen molar-refractivity contribution in [3.05, 3.63) is 59.4 Å². The summed E-state index contributed by atoms with van der Waals surface area (Å²) in [6, 6.07) is 7.51. The Balaban J connectivity index is 1.48. The third-order valence-corrected chi connectivity index (χ3v) is 7.86. The van der Waals surface area contributed by atoms with Crippen LogP contribution in [0.3, 0.4) is 0 Å². The van der Waals surface area contributed by atoms with Crippen LogP contribution in [0.4, 0.5) is 18.0 Å². The number of hydrogen-bond donors (Lipinski definition) is 2. The molecule has 0 bridgehead atoms. The highest BCUT2D eigenvalue weighted by Crippen LogP contribution is 2.33. The number of rotatable bonds is 6. The van der Waals surface area contributed by atoms with E-state index in [-0.39, 0.29) is 36.6 Å². The molecule has 1 fully saturated rings. The number of H-pyrrole nitrogens is 1. The van der Waals surface area contributed by atoms with Crippen molar-refractivity contribution in [2.45, 2.75) is 19.8 Å². The molecule has 4 rings (SSSR count). The van der Waals surface area contributed by atoms with Crippen molar-refractivity contribution in [2.24, 2.45) is 5.41 Å². The van der Waals surface area contributed by atoms with Gasteiger partial charge < -0.3 is 15.0 Å². The summed E-state index contributed by atoms with van der Waals surface area (Å²) >= 11 is 0. The van der Waals surface area contributed by atoms with E-state index in [9.17, 15) is 26.4 Å². The number of alkyl carbamates (subject to hydrolysis) is 1. The normalized spacial score (nSPS) is 19.6. The van der Waals surface area contributed by atoms with E-state index in [4.69, 9.17) is 4.74 Å². The van der Waals surface area contributed by atoms with Crippen molar-refractivity contribution in [3.8, 4) is 11.3 Å². The number of aromatic nitrogens is 1. The first-order valence-corrected chi connectivity index (χ1v) is 12.2. The molecular weight excluding hydrogens is 457 g/mol. The number of carbonyl (C=O) groups excluding carboxylic acids is 1. The van der Waals surface area contributed by atoms with E-state index in [1.165, 1.54) is 30.3 Å². The second kappa shape index (κ2) is 8.74. The third kappa shape index (κ3) is 5.16. The fourth-order valence-corrected chi connectivity index (χ4v) is 6.45. The predicted molar refractivity (Wildman–Crippen MR) is 118 cm³/mol. The van der Waals surface area contributed by atoms with Gasteiger partial charge in [-0.1, -0.05) is 6.92 Å². The van der Waals surface area contributed by atoms with Crippen molar-refractivity contribution < 1.29 is 31.1 Å². The van der Waals surface area contributed by atoms with E-state index in [2.05, 4.69) is 10.3 Å². The van der Waals surface area contributed by atoms with E-state index < -0.39 is 38.8 Å². The molecule has 6 nitrogen and oxygen atoms in total. The molecule has 2 N–H and O–H groups in total. The fraction of sp³-hybridized carbons (Fsp3) is 0.348. The van der Waals surface area contributed by atoms with Crippen LogP contribution in [0.5, 0.6) is 0 Å². The molecule has 2 heterocycles. The van der Waals surface area contributed by atoms with Crippen LogP contribution in [0.2, 0.25) is 0 Å². The molecule has 176 valence electrons. The second-order valence-corrected chi connectivity index (χ2v) is 10.9. The fourth-order valence-electron chi connectivity index (χ4n) is 4.20. The number of sulfone groups is 1. The average molecular weight is 481 g/mol. The van der Waals surface area contributed by atoms with E-state index >= 15 is 0 Å². The Morgan fingerprint density at radius 1 is 1.15 bits per heavy atom. The van der Waals surface area contributed by atoms with Crippen molar-refractivity contribution in [1.82, 2.24) is 10.3 Å². The molecule has 0 saturated carbocycles. The Labute approximate surface area is 189 Å². The Kier molecular flexibility index (Phi) is 6.13. The van der Waals surface area contributed by atoms with Crippen LogP contribution in [-0.2, 0) is 21.0 Å². The smallest absolute Gasteiger partial charge is 0.407 e. The van der Waals surface area contributed by atoms with Crippen LogP contribution in [0.25, 0.3) is 22.2 Å². The average Bonchev–Trinajstić information content (AvgIpc) is 3.24. The molecule has 1 amide bonds. The summed E-state index contributed by atoms with van der Waals surface area (Å²) < 4.78 is 70.2. The molecule has 0 aliphatic carbocycles. The van der Waals surface area contributed by atoms with Crippen molar-refractivity contribution >= 4 is 26.8 Å². The number of nitrogens with one attached hydrogen (secondary N) is 2. The highest BCUT2D eigenvalue weighted by molar-refractivity contribution is 7.91. The van der Waals surface area contributed by atoms with E-state index in [1.54, 1.807) is 6.92 Å². The van der Waals surface area contributed by atoms with Crippen LogP contribution < -0.4 is 5.32 Å². The van der Waals surface area contributed by atoms with Crippen molar-refractivity contribution in [3.63, 3.8) is 0 Å². The first-order chi connectivity index (χ1) is 15.6. The van der Waals surface area contributed by atoms with Gasteiger partial charge in [-0.05, 0) is 53.3 Å². The number of amides is 1. The number of hydrogen-bond acceptors (Lipinski definition) is 4. The minimum absolute atomic E-state index is 0.00772. The minimum Gasteiger partial charge on any atom is -0.449 e. The molecule has 0 spiro atoms. The van der Waals surface area contributed by atoms with E-state index in [0.717, 1.165) is 6.07 Å². The van der Waals surface area contributed by atoms with Crippen LogP contribution in [0, 0.1) is 22.9 Å². The monoisotopic (exact) mass is 480 g/mol. The maximum atomic E-state index is 14.3. The zero-order valence-corrected chi connectivity index (χ0v) is 18.7. The van der Waals surface area contributed by atoms with Gasteiger partial charge in [-0.2, -0.15) is 0 Å².